The van der Waals surface area contributed by atoms with Crippen LogP contribution in [0.2, 0.25) is 0 Å². The van der Waals surface area contributed by atoms with Crippen molar-refractivity contribution in [3.8, 4) is 0 Å². The first kappa shape index (κ1) is 26.4. The molecule has 1 saturated heterocycles. The molecule has 0 aromatic heterocycles. The van der Waals surface area contributed by atoms with Crippen LogP contribution in [0.3, 0.4) is 0 Å². The molecule has 36 heavy (non-hydrogen) atoms. The molecule has 10 heteroatoms. The van der Waals surface area contributed by atoms with Crippen molar-refractivity contribution in [2.24, 2.45) is 0 Å². The summed E-state index contributed by atoms with van der Waals surface area (Å²) in [4.78, 5) is 63.3. The van der Waals surface area contributed by atoms with Gasteiger partial charge in [-0.3, -0.25) is 14.4 Å². The van der Waals surface area contributed by atoms with Gasteiger partial charge in [-0.2, -0.15) is 0 Å². The summed E-state index contributed by atoms with van der Waals surface area (Å²) in [6.45, 7) is 1.68. The predicted molar refractivity (Wildman–Crippen MR) is 128 cm³/mol. The molecular weight excluding hydrogens is 468 g/mol. The van der Waals surface area contributed by atoms with Crippen molar-refractivity contribution in [2.75, 3.05) is 39.2 Å². The van der Waals surface area contributed by atoms with E-state index < -0.39 is 35.8 Å². The van der Waals surface area contributed by atoms with Gasteiger partial charge in [-0.05, 0) is 36.6 Å². The summed E-state index contributed by atoms with van der Waals surface area (Å²) in [7, 11) is 2.38. The van der Waals surface area contributed by atoms with Crippen LogP contribution < -0.4 is 5.32 Å². The number of carbonyl (C=O) groups is 5. The smallest absolute Gasteiger partial charge is 0.337 e. The average Bonchev–Trinajstić information content (AvgIpc) is 2.90. The van der Waals surface area contributed by atoms with E-state index in [1.807, 2.05) is 30.3 Å². The third-order valence-corrected chi connectivity index (χ3v) is 6.17. The molecule has 1 N–H and O–H groups in total. The molecule has 0 radical (unpaired) electrons. The molecule has 1 heterocycles. The number of anilines is 1. The fourth-order valence-corrected chi connectivity index (χ4v) is 4.21. The summed E-state index contributed by atoms with van der Waals surface area (Å²) in [5.41, 5.74) is -0.0315. The Morgan fingerprint density at radius 2 is 1.44 bits per heavy atom. The molecule has 2 aromatic rings. The van der Waals surface area contributed by atoms with E-state index in [9.17, 15) is 24.0 Å². The first-order valence-electron chi connectivity index (χ1n) is 11.3. The van der Waals surface area contributed by atoms with Crippen molar-refractivity contribution in [3.05, 3.63) is 65.2 Å². The minimum atomic E-state index is -0.990. The Morgan fingerprint density at radius 1 is 0.889 bits per heavy atom. The number of esters is 3. The summed E-state index contributed by atoms with van der Waals surface area (Å²) in [5, 5.41) is 2.53. The summed E-state index contributed by atoms with van der Waals surface area (Å²) in [6, 6.07) is 13.1. The lowest BCUT2D eigenvalue weighted by Crippen LogP contribution is -2.49. The molecule has 0 spiro atoms. The molecular formula is C26H28N2O8. The van der Waals surface area contributed by atoms with Gasteiger partial charge in [-0.1, -0.05) is 30.3 Å². The second kappa shape index (κ2) is 11.5. The Bertz CT molecular complexity index is 1120. The lowest BCUT2D eigenvalue weighted by Gasteiger charge is -2.40. The van der Waals surface area contributed by atoms with Crippen molar-refractivity contribution in [1.82, 2.24) is 4.90 Å². The van der Waals surface area contributed by atoms with Crippen LogP contribution in [-0.4, -0.2) is 68.5 Å². The van der Waals surface area contributed by atoms with Gasteiger partial charge in [0.05, 0.1) is 30.8 Å². The number of benzene rings is 2. The van der Waals surface area contributed by atoms with Crippen molar-refractivity contribution in [1.29, 1.82) is 0 Å². The number of hydrogen-bond donors (Lipinski definition) is 1. The molecule has 2 amide bonds. The maximum absolute atomic E-state index is 13.3. The van der Waals surface area contributed by atoms with Gasteiger partial charge in [0, 0.05) is 25.7 Å². The molecule has 190 valence electrons. The lowest BCUT2D eigenvalue weighted by atomic mass is 9.72. The molecule has 0 bridgehead atoms. The Hall–Kier alpha value is -4.21. The highest BCUT2D eigenvalue weighted by Crippen LogP contribution is 2.37. The van der Waals surface area contributed by atoms with Crippen molar-refractivity contribution in [2.45, 2.75) is 25.2 Å². The standard InChI is InChI=1S/C26H28N2O8/c1-17(29)28-11-9-26(10-12-28,20-7-5-4-6-8-20)25(33)36-16-22(30)27-21-14-18(23(31)34-2)13-19(15-21)24(32)35-3/h4-8,13-15H,9-12,16H2,1-3H3,(H,27,30). The number of nitrogens with one attached hydrogen (secondary N) is 1. The van der Waals surface area contributed by atoms with Crippen LogP contribution in [0, 0.1) is 0 Å². The Labute approximate surface area is 208 Å². The number of carbonyl (C=O) groups excluding carboxylic acids is 5. The Morgan fingerprint density at radius 3 is 1.94 bits per heavy atom. The molecule has 0 saturated carbocycles. The van der Waals surface area contributed by atoms with Gasteiger partial charge >= 0.3 is 17.9 Å². The maximum Gasteiger partial charge on any atom is 0.337 e. The first-order valence-corrected chi connectivity index (χ1v) is 11.3. The average molecular weight is 497 g/mol. The van der Waals surface area contributed by atoms with E-state index in [-0.39, 0.29) is 22.7 Å². The highest BCUT2D eigenvalue weighted by Gasteiger charge is 2.44. The lowest BCUT2D eigenvalue weighted by molar-refractivity contribution is -0.156. The Balaban J connectivity index is 1.74. The molecule has 1 fully saturated rings. The van der Waals surface area contributed by atoms with Crippen LogP contribution in [0.5, 0.6) is 0 Å². The minimum Gasteiger partial charge on any atom is -0.465 e. The summed E-state index contributed by atoms with van der Waals surface area (Å²) >= 11 is 0. The quantitative estimate of drug-likeness (QED) is 0.457. The molecule has 1 aliphatic heterocycles. The van der Waals surface area contributed by atoms with Crippen LogP contribution in [0.4, 0.5) is 5.69 Å². The van der Waals surface area contributed by atoms with Gasteiger partial charge in [0.1, 0.15) is 0 Å². The fourth-order valence-electron chi connectivity index (χ4n) is 4.21. The number of methoxy groups -OCH3 is 2. The van der Waals surface area contributed by atoms with Crippen molar-refractivity contribution in [3.63, 3.8) is 0 Å². The van der Waals surface area contributed by atoms with E-state index in [1.165, 1.54) is 39.3 Å². The van der Waals surface area contributed by atoms with Gasteiger partial charge in [0.25, 0.3) is 5.91 Å². The van der Waals surface area contributed by atoms with Gasteiger partial charge in [-0.25, -0.2) is 9.59 Å². The van der Waals surface area contributed by atoms with E-state index in [0.29, 0.717) is 25.9 Å². The fraction of sp³-hybridized carbons (Fsp3) is 0.346. The Kier molecular flexibility index (Phi) is 8.42. The predicted octanol–water partition coefficient (Wildman–Crippen LogP) is 2.32. The van der Waals surface area contributed by atoms with Crippen molar-refractivity contribution >= 4 is 35.4 Å². The molecule has 10 nitrogen and oxygen atoms in total. The second-order valence-corrected chi connectivity index (χ2v) is 8.36. The number of nitrogens with zero attached hydrogens (tertiary/aromatic N) is 1. The highest BCUT2D eigenvalue weighted by atomic mass is 16.5. The zero-order chi connectivity index (χ0) is 26.3. The summed E-state index contributed by atoms with van der Waals surface area (Å²) < 4.78 is 14.8. The molecule has 0 aliphatic carbocycles. The minimum absolute atomic E-state index is 0.0351. The van der Waals surface area contributed by atoms with E-state index in [4.69, 9.17) is 4.74 Å². The van der Waals surface area contributed by atoms with E-state index in [2.05, 4.69) is 14.8 Å². The molecule has 1 aliphatic rings. The van der Waals surface area contributed by atoms with Gasteiger partial charge < -0.3 is 24.4 Å². The molecule has 0 unspecified atom stereocenters. The monoisotopic (exact) mass is 496 g/mol. The van der Waals surface area contributed by atoms with E-state index in [0.717, 1.165) is 5.56 Å². The highest BCUT2D eigenvalue weighted by molar-refractivity contribution is 6.00. The molecule has 0 atom stereocenters. The normalized spacial score (nSPS) is 14.4. The third kappa shape index (κ3) is 5.88. The van der Waals surface area contributed by atoms with Crippen LogP contribution >= 0.6 is 0 Å². The number of amides is 2. The second-order valence-electron chi connectivity index (χ2n) is 8.36. The van der Waals surface area contributed by atoms with E-state index >= 15 is 0 Å². The third-order valence-electron chi connectivity index (χ3n) is 6.17. The van der Waals surface area contributed by atoms with Crippen LogP contribution in [0.15, 0.2) is 48.5 Å². The zero-order valence-electron chi connectivity index (χ0n) is 20.4. The van der Waals surface area contributed by atoms with Crippen molar-refractivity contribution < 1.29 is 38.2 Å². The molecule has 3 rings (SSSR count). The zero-order valence-corrected chi connectivity index (χ0v) is 20.4. The number of piperidine rings is 1. The number of rotatable bonds is 7. The largest absolute Gasteiger partial charge is 0.465 e. The number of hydrogen-bond acceptors (Lipinski definition) is 8. The maximum atomic E-state index is 13.3. The van der Waals surface area contributed by atoms with E-state index in [1.54, 1.807) is 4.90 Å². The van der Waals surface area contributed by atoms with Crippen LogP contribution in [-0.2, 0) is 34.0 Å². The molecule has 2 aromatic carbocycles. The number of ether oxygens (including phenoxy) is 3. The number of likely N-dealkylation sites (tertiary alicyclic amines) is 1. The van der Waals surface area contributed by atoms with Gasteiger partial charge in [-0.15, -0.1) is 0 Å². The van der Waals surface area contributed by atoms with Gasteiger partial charge in [0.15, 0.2) is 6.61 Å². The van der Waals surface area contributed by atoms with Gasteiger partial charge in [0.2, 0.25) is 5.91 Å². The van der Waals surface area contributed by atoms with Crippen LogP contribution in [0.25, 0.3) is 0 Å². The first-order chi connectivity index (χ1) is 17.2. The summed E-state index contributed by atoms with van der Waals surface area (Å²) in [5.74, 6) is -2.70. The summed E-state index contributed by atoms with van der Waals surface area (Å²) in [6.07, 6.45) is 0.724. The topological polar surface area (TPSA) is 128 Å². The SMILES string of the molecule is COC(=O)c1cc(NC(=O)COC(=O)C2(c3ccccc3)CCN(C(C)=O)CC2)cc(C(=O)OC)c1. The van der Waals surface area contributed by atoms with Crippen LogP contribution in [0.1, 0.15) is 46.0 Å².